The zero-order valence-electron chi connectivity index (χ0n) is 12.4. The molecule has 1 N–H and O–H groups in total. The molecule has 1 amide bonds. The van der Waals surface area contributed by atoms with Crippen molar-refractivity contribution in [2.24, 2.45) is 0 Å². The van der Waals surface area contributed by atoms with E-state index in [1.165, 1.54) is 0 Å². The number of amides is 1. The molecule has 4 nitrogen and oxygen atoms in total. The van der Waals surface area contributed by atoms with Crippen LogP contribution in [0.5, 0.6) is 5.75 Å². The van der Waals surface area contributed by atoms with E-state index in [-0.39, 0.29) is 5.91 Å². The summed E-state index contributed by atoms with van der Waals surface area (Å²) in [7, 11) is 1.55. The average Bonchev–Trinajstić information content (AvgIpc) is 2.39. The number of carbonyl (C=O) groups is 1. The van der Waals surface area contributed by atoms with Gasteiger partial charge in [0, 0.05) is 13.1 Å². The second-order valence-corrected chi connectivity index (χ2v) is 4.53. The van der Waals surface area contributed by atoms with Crippen LogP contribution in [0.3, 0.4) is 0 Å². The van der Waals surface area contributed by atoms with E-state index in [1.54, 1.807) is 25.0 Å². The molecular formula is C15H23NO3. The Bertz CT molecular complexity index is 451. The van der Waals surface area contributed by atoms with Gasteiger partial charge in [0.1, 0.15) is 5.75 Å². The SMILES string of the molecule is CCN(CC)C(=O)c1c(C(C)O)ccc(C)c1OC. The van der Waals surface area contributed by atoms with Crippen LogP contribution in [-0.4, -0.2) is 36.1 Å². The zero-order chi connectivity index (χ0) is 14.6. The summed E-state index contributed by atoms with van der Waals surface area (Å²) < 4.78 is 5.37. The van der Waals surface area contributed by atoms with E-state index < -0.39 is 6.10 Å². The molecule has 1 unspecified atom stereocenters. The Balaban J connectivity index is 3.44. The van der Waals surface area contributed by atoms with Crippen LogP contribution < -0.4 is 4.74 Å². The number of carbonyl (C=O) groups excluding carboxylic acids is 1. The second kappa shape index (κ2) is 6.57. The summed E-state index contributed by atoms with van der Waals surface area (Å²) >= 11 is 0. The molecule has 19 heavy (non-hydrogen) atoms. The highest BCUT2D eigenvalue weighted by Crippen LogP contribution is 2.31. The van der Waals surface area contributed by atoms with E-state index in [0.29, 0.717) is 30.0 Å². The molecule has 0 aliphatic rings. The van der Waals surface area contributed by atoms with Crippen LogP contribution in [0.2, 0.25) is 0 Å². The van der Waals surface area contributed by atoms with Crippen molar-refractivity contribution < 1.29 is 14.6 Å². The topological polar surface area (TPSA) is 49.8 Å². The lowest BCUT2D eigenvalue weighted by Gasteiger charge is -2.23. The number of aliphatic hydroxyl groups excluding tert-OH is 1. The molecule has 0 saturated heterocycles. The molecule has 1 atom stereocenters. The number of aryl methyl sites for hydroxylation is 1. The summed E-state index contributed by atoms with van der Waals surface area (Å²) in [5, 5.41) is 9.87. The van der Waals surface area contributed by atoms with Gasteiger partial charge in [0.15, 0.2) is 0 Å². The monoisotopic (exact) mass is 265 g/mol. The van der Waals surface area contributed by atoms with Gasteiger partial charge in [-0.15, -0.1) is 0 Å². The van der Waals surface area contributed by atoms with Crippen molar-refractivity contribution in [3.05, 3.63) is 28.8 Å². The van der Waals surface area contributed by atoms with Crippen molar-refractivity contribution in [1.82, 2.24) is 4.90 Å². The molecule has 0 saturated carbocycles. The third-order valence-corrected chi connectivity index (χ3v) is 3.31. The maximum atomic E-state index is 12.6. The van der Waals surface area contributed by atoms with Gasteiger partial charge in [0.2, 0.25) is 0 Å². The summed E-state index contributed by atoms with van der Waals surface area (Å²) in [6.07, 6.45) is -0.705. The first-order valence-corrected chi connectivity index (χ1v) is 6.62. The predicted octanol–water partition coefficient (Wildman–Crippen LogP) is 2.54. The summed E-state index contributed by atoms with van der Waals surface area (Å²) in [6.45, 7) is 8.68. The summed E-state index contributed by atoms with van der Waals surface area (Å²) in [5.74, 6) is 0.455. The molecule has 0 radical (unpaired) electrons. The number of nitrogens with zero attached hydrogens (tertiary/aromatic N) is 1. The molecule has 0 aromatic heterocycles. The molecule has 1 aromatic carbocycles. The first kappa shape index (κ1) is 15.5. The van der Waals surface area contributed by atoms with Crippen LogP contribution >= 0.6 is 0 Å². The van der Waals surface area contributed by atoms with Crippen molar-refractivity contribution in [2.45, 2.75) is 33.8 Å². The van der Waals surface area contributed by atoms with Crippen molar-refractivity contribution >= 4 is 5.91 Å². The molecule has 1 rings (SSSR count). The van der Waals surface area contributed by atoms with Crippen molar-refractivity contribution in [2.75, 3.05) is 20.2 Å². The zero-order valence-corrected chi connectivity index (χ0v) is 12.4. The normalized spacial score (nSPS) is 12.1. The first-order chi connectivity index (χ1) is 8.97. The molecule has 1 aromatic rings. The Hall–Kier alpha value is -1.55. The molecule has 0 spiro atoms. The van der Waals surface area contributed by atoms with E-state index >= 15 is 0 Å². The smallest absolute Gasteiger partial charge is 0.257 e. The Morgan fingerprint density at radius 2 is 1.95 bits per heavy atom. The molecule has 106 valence electrons. The van der Waals surface area contributed by atoms with Gasteiger partial charge in [-0.25, -0.2) is 0 Å². The fraction of sp³-hybridized carbons (Fsp3) is 0.533. The average molecular weight is 265 g/mol. The lowest BCUT2D eigenvalue weighted by atomic mass is 9.98. The van der Waals surface area contributed by atoms with Gasteiger partial charge in [0.25, 0.3) is 5.91 Å². The van der Waals surface area contributed by atoms with Gasteiger partial charge in [0.05, 0.1) is 18.8 Å². The fourth-order valence-electron chi connectivity index (χ4n) is 2.20. The number of hydrogen-bond acceptors (Lipinski definition) is 3. The maximum absolute atomic E-state index is 12.6. The standard InChI is InChI=1S/C15H23NO3/c1-6-16(7-2)15(18)13-12(11(4)17)9-8-10(3)14(13)19-5/h8-9,11,17H,6-7H2,1-5H3. The molecule has 0 fully saturated rings. The van der Waals surface area contributed by atoms with E-state index in [1.807, 2.05) is 26.8 Å². The van der Waals surface area contributed by atoms with Crippen LogP contribution in [-0.2, 0) is 0 Å². The van der Waals surface area contributed by atoms with E-state index in [9.17, 15) is 9.90 Å². The third kappa shape index (κ3) is 3.07. The lowest BCUT2D eigenvalue weighted by molar-refractivity contribution is 0.0762. The number of ether oxygens (including phenoxy) is 1. The number of aliphatic hydroxyl groups is 1. The lowest BCUT2D eigenvalue weighted by Crippen LogP contribution is -2.32. The largest absolute Gasteiger partial charge is 0.496 e. The number of hydrogen-bond donors (Lipinski definition) is 1. The van der Waals surface area contributed by atoms with E-state index in [0.717, 1.165) is 5.56 Å². The minimum Gasteiger partial charge on any atom is -0.496 e. The van der Waals surface area contributed by atoms with Crippen molar-refractivity contribution in [3.63, 3.8) is 0 Å². The highest BCUT2D eigenvalue weighted by molar-refractivity contribution is 5.99. The minimum absolute atomic E-state index is 0.0959. The van der Waals surface area contributed by atoms with Crippen LogP contribution in [0, 0.1) is 6.92 Å². The molecular weight excluding hydrogens is 242 g/mol. The maximum Gasteiger partial charge on any atom is 0.257 e. The second-order valence-electron chi connectivity index (χ2n) is 4.53. The van der Waals surface area contributed by atoms with E-state index in [4.69, 9.17) is 4.74 Å². The minimum atomic E-state index is -0.705. The van der Waals surface area contributed by atoms with Crippen LogP contribution in [0.4, 0.5) is 0 Å². The van der Waals surface area contributed by atoms with Gasteiger partial charge in [-0.3, -0.25) is 4.79 Å². The Morgan fingerprint density at radius 1 is 1.37 bits per heavy atom. The Labute approximate surface area is 115 Å². The van der Waals surface area contributed by atoms with Gasteiger partial charge >= 0.3 is 0 Å². The summed E-state index contributed by atoms with van der Waals surface area (Å²) in [4.78, 5) is 14.3. The van der Waals surface area contributed by atoms with E-state index in [2.05, 4.69) is 0 Å². The Kier molecular flexibility index (Phi) is 5.36. The number of rotatable bonds is 5. The molecule has 4 heteroatoms. The predicted molar refractivity (Wildman–Crippen MR) is 75.6 cm³/mol. The van der Waals surface area contributed by atoms with Crippen LogP contribution in [0.1, 0.15) is 48.4 Å². The Morgan fingerprint density at radius 3 is 2.37 bits per heavy atom. The van der Waals surface area contributed by atoms with Crippen molar-refractivity contribution in [3.8, 4) is 5.75 Å². The van der Waals surface area contributed by atoms with Crippen molar-refractivity contribution in [1.29, 1.82) is 0 Å². The summed E-state index contributed by atoms with van der Waals surface area (Å²) in [6, 6.07) is 3.65. The molecule has 0 bridgehead atoms. The molecule has 0 aliphatic heterocycles. The quantitative estimate of drug-likeness (QED) is 0.890. The third-order valence-electron chi connectivity index (χ3n) is 3.31. The van der Waals surface area contributed by atoms with Crippen LogP contribution in [0.25, 0.3) is 0 Å². The van der Waals surface area contributed by atoms with Gasteiger partial charge in [-0.2, -0.15) is 0 Å². The molecule has 0 aliphatic carbocycles. The highest BCUT2D eigenvalue weighted by Gasteiger charge is 2.24. The van der Waals surface area contributed by atoms with Gasteiger partial charge in [-0.05, 0) is 38.8 Å². The number of benzene rings is 1. The first-order valence-electron chi connectivity index (χ1n) is 6.62. The van der Waals surface area contributed by atoms with Gasteiger partial charge in [-0.1, -0.05) is 12.1 Å². The fourth-order valence-corrected chi connectivity index (χ4v) is 2.20. The van der Waals surface area contributed by atoms with Gasteiger partial charge < -0.3 is 14.7 Å². The molecule has 0 heterocycles. The highest BCUT2D eigenvalue weighted by atomic mass is 16.5. The van der Waals surface area contributed by atoms with Crippen LogP contribution in [0.15, 0.2) is 12.1 Å². The number of methoxy groups -OCH3 is 1. The summed E-state index contributed by atoms with van der Waals surface area (Å²) in [5.41, 5.74) is 1.97.